The first kappa shape index (κ1) is 12.3. The molecule has 0 aliphatic heterocycles. The fraction of sp³-hybridized carbons (Fsp3) is 0.692. The molecule has 17 heavy (non-hydrogen) atoms. The molecular weight excluding hydrogens is 212 g/mol. The summed E-state index contributed by atoms with van der Waals surface area (Å²) in [6.07, 6.45) is 6.91. The van der Waals surface area contributed by atoms with Gasteiger partial charge in [0, 0.05) is 25.8 Å². The second-order valence-electron chi connectivity index (χ2n) is 5.08. The molecule has 1 heterocycles. The Labute approximate surface area is 103 Å². The monoisotopic (exact) mass is 234 g/mol. The molecule has 94 valence electrons. The Morgan fingerprint density at radius 3 is 2.71 bits per heavy atom. The van der Waals surface area contributed by atoms with E-state index in [9.17, 15) is 0 Å². The average Bonchev–Trinajstić information content (AvgIpc) is 2.39. The van der Waals surface area contributed by atoms with Gasteiger partial charge >= 0.3 is 0 Å². The smallest absolute Gasteiger partial charge is 0.225 e. The van der Waals surface area contributed by atoms with Crippen LogP contribution in [0.1, 0.15) is 38.3 Å². The van der Waals surface area contributed by atoms with Gasteiger partial charge in [-0.25, -0.2) is 9.97 Å². The van der Waals surface area contributed by atoms with Gasteiger partial charge in [-0.05, 0) is 37.7 Å². The van der Waals surface area contributed by atoms with Gasteiger partial charge in [0.15, 0.2) is 0 Å². The molecule has 1 aliphatic carbocycles. The summed E-state index contributed by atoms with van der Waals surface area (Å²) in [7, 11) is 2.09. The van der Waals surface area contributed by atoms with Gasteiger partial charge < -0.3 is 10.6 Å². The number of nitrogens with zero attached hydrogens (tertiary/aromatic N) is 3. The van der Waals surface area contributed by atoms with E-state index in [4.69, 9.17) is 5.73 Å². The Kier molecular flexibility index (Phi) is 3.94. The molecule has 0 bridgehead atoms. The molecule has 1 aromatic rings. The Morgan fingerprint density at radius 1 is 1.35 bits per heavy atom. The molecule has 0 spiro atoms. The lowest BCUT2D eigenvalue weighted by atomic mass is 9.87. The number of anilines is 1. The van der Waals surface area contributed by atoms with Gasteiger partial charge in [0.25, 0.3) is 0 Å². The Hall–Kier alpha value is -1.16. The van der Waals surface area contributed by atoms with Gasteiger partial charge in [-0.15, -0.1) is 0 Å². The summed E-state index contributed by atoms with van der Waals surface area (Å²) < 4.78 is 0. The molecule has 4 heteroatoms. The van der Waals surface area contributed by atoms with Crippen molar-refractivity contribution in [2.45, 2.75) is 45.2 Å². The second-order valence-corrected chi connectivity index (χ2v) is 5.08. The molecule has 0 saturated heterocycles. The molecule has 0 atom stereocenters. The highest BCUT2D eigenvalue weighted by Gasteiger charge is 2.23. The van der Waals surface area contributed by atoms with E-state index in [1.54, 1.807) is 6.20 Å². The summed E-state index contributed by atoms with van der Waals surface area (Å²) in [5.41, 5.74) is 6.52. The van der Waals surface area contributed by atoms with Crippen LogP contribution in [0.3, 0.4) is 0 Å². The van der Waals surface area contributed by atoms with Gasteiger partial charge in [-0.3, -0.25) is 0 Å². The maximum atomic E-state index is 5.61. The first-order valence-electron chi connectivity index (χ1n) is 6.45. The van der Waals surface area contributed by atoms with Crippen LogP contribution < -0.4 is 10.6 Å². The summed E-state index contributed by atoms with van der Waals surface area (Å²) in [5.74, 6) is 1.68. The molecule has 0 unspecified atom stereocenters. The second kappa shape index (κ2) is 5.45. The molecule has 1 aliphatic rings. The summed E-state index contributed by atoms with van der Waals surface area (Å²) in [4.78, 5) is 11.0. The molecule has 2 rings (SSSR count). The van der Waals surface area contributed by atoms with Crippen molar-refractivity contribution in [2.75, 3.05) is 11.9 Å². The zero-order chi connectivity index (χ0) is 12.3. The van der Waals surface area contributed by atoms with Gasteiger partial charge in [0.05, 0.1) is 5.69 Å². The zero-order valence-corrected chi connectivity index (χ0v) is 10.8. The summed E-state index contributed by atoms with van der Waals surface area (Å²) >= 11 is 0. The van der Waals surface area contributed by atoms with E-state index < -0.39 is 0 Å². The van der Waals surface area contributed by atoms with Crippen LogP contribution in [0, 0.1) is 5.92 Å². The highest BCUT2D eigenvalue weighted by atomic mass is 15.2. The van der Waals surface area contributed by atoms with Crippen LogP contribution in [0.25, 0.3) is 0 Å². The van der Waals surface area contributed by atoms with Crippen molar-refractivity contribution in [1.29, 1.82) is 0 Å². The first-order chi connectivity index (χ1) is 8.20. The normalized spacial score (nSPS) is 24.6. The maximum Gasteiger partial charge on any atom is 0.225 e. The molecule has 1 saturated carbocycles. The van der Waals surface area contributed by atoms with Gasteiger partial charge in [0.1, 0.15) is 0 Å². The average molecular weight is 234 g/mol. The summed E-state index contributed by atoms with van der Waals surface area (Å²) in [5, 5.41) is 0. The van der Waals surface area contributed by atoms with E-state index in [2.05, 4.69) is 28.8 Å². The van der Waals surface area contributed by atoms with Crippen molar-refractivity contribution in [2.24, 2.45) is 11.7 Å². The predicted molar refractivity (Wildman–Crippen MR) is 69.7 cm³/mol. The Balaban J connectivity index is 2.05. The lowest BCUT2D eigenvalue weighted by molar-refractivity contribution is 0.339. The van der Waals surface area contributed by atoms with Crippen LogP contribution in [-0.4, -0.2) is 23.1 Å². The molecule has 2 N–H and O–H groups in total. The number of aromatic nitrogens is 2. The largest absolute Gasteiger partial charge is 0.341 e. The Morgan fingerprint density at radius 2 is 2.06 bits per heavy atom. The predicted octanol–water partition coefficient (Wildman–Crippen LogP) is 1.95. The van der Waals surface area contributed by atoms with Gasteiger partial charge in [0.2, 0.25) is 5.95 Å². The highest BCUT2D eigenvalue weighted by molar-refractivity contribution is 5.30. The van der Waals surface area contributed by atoms with Crippen LogP contribution >= 0.6 is 0 Å². The summed E-state index contributed by atoms with van der Waals surface area (Å²) in [6.45, 7) is 2.81. The molecule has 1 fully saturated rings. The van der Waals surface area contributed by atoms with E-state index in [0.717, 1.165) is 17.6 Å². The standard InChI is InChI=1S/C13H22N4/c1-10-3-5-12(6-4-10)17(2)13-15-8-7-11(9-14)16-13/h7-8,10,12H,3-6,9,14H2,1-2H3. The van der Waals surface area contributed by atoms with E-state index in [0.29, 0.717) is 12.6 Å². The fourth-order valence-corrected chi connectivity index (χ4v) is 2.46. The maximum absolute atomic E-state index is 5.61. The van der Waals surface area contributed by atoms with E-state index >= 15 is 0 Å². The fourth-order valence-electron chi connectivity index (χ4n) is 2.46. The quantitative estimate of drug-likeness (QED) is 0.868. The van der Waals surface area contributed by atoms with Crippen LogP contribution in [0.15, 0.2) is 12.3 Å². The van der Waals surface area contributed by atoms with Crippen LogP contribution in [0.4, 0.5) is 5.95 Å². The minimum Gasteiger partial charge on any atom is -0.341 e. The van der Waals surface area contributed by atoms with Gasteiger partial charge in [-0.1, -0.05) is 6.92 Å². The van der Waals surface area contributed by atoms with Crippen molar-refractivity contribution < 1.29 is 0 Å². The number of rotatable bonds is 3. The minimum absolute atomic E-state index is 0.477. The highest BCUT2D eigenvalue weighted by Crippen LogP contribution is 2.27. The summed E-state index contributed by atoms with van der Waals surface area (Å²) in [6, 6.07) is 2.46. The third kappa shape index (κ3) is 2.94. The Bertz CT molecular complexity index is 358. The third-order valence-electron chi connectivity index (χ3n) is 3.76. The lowest BCUT2D eigenvalue weighted by Gasteiger charge is -2.33. The minimum atomic E-state index is 0.477. The molecule has 0 aromatic carbocycles. The molecule has 0 amide bonds. The van der Waals surface area contributed by atoms with Crippen LogP contribution in [0.2, 0.25) is 0 Å². The molecule has 1 aromatic heterocycles. The van der Waals surface area contributed by atoms with Crippen molar-refractivity contribution in [1.82, 2.24) is 9.97 Å². The van der Waals surface area contributed by atoms with E-state index in [1.165, 1.54) is 25.7 Å². The van der Waals surface area contributed by atoms with Crippen molar-refractivity contribution in [3.05, 3.63) is 18.0 Å². The van der Waals surface area contributed by atoms with Crippen molar-refractivity contribution in [3.63, 3.8) is 0 Å². The van der Waals surface area contributed by atoms with Crippen molar-refractivity contribution in [3.8, 4) is 0 Å². The lowest BCUT2D eigenvalue weighted by Crippen LogP contribution is -2.36. The number of hydrogen-bond acceptors (Lipinski definition) is 4. The number of hydrogen-bond donors (Lipinski definition) is 1. The number of nitrogens with two attached hydrogens (primary N) is 1. The van der Waals surface area contributed by atoms with Crippen LogP contribution in [-0.2, 0) is 6.54 Å². The zero-order valence-electron chi connectivity index (χ0n) is 10.8. The van der Waals surface area contributed by atoms with Crippen molar-refractivity contribution >= 4 is 5.95 Å². The SMILES string of the molecule is CC1CCC(N(C)c2nccc(CN)n2)CC1. The van der Waals surface area contributed by atoms with E-state index in [-0.39, 0.29) is 0 Å². The van der Waals surface area contributed by atoms with E-state index in [1.807, 2.05) is 6.07 Å². The molecule has 4 nitrogen and oxygen atoms in total. The first-order valence-corrected chi connectivity index (χ1v) is 6.45. The molecular formula is C13H22N4. The van der Waals surface area contributed by atoms with Gasteiger partial charge in [-0.2, -0.15) is 0 Å². The van der Waals surface area contributed by atoms with Crippen LogP contribution in [0.5, 0.6) is 0 Å². The third-order valence-corrected chi connectivity index (χ3v) is 3.76. The topological polar surface area (TPSA) is 55.0 Å². The molecule has 0 radical (unpaired) electrons.